The number of phenols is 2. The molecule has 17 nitrogen and oxygen atoms in total. The Labute approximate surface area is 307 Å². The van der Waals surface area contributed by atoms with E-state index in [4.69, 9.17) is 0 Å². The second-order valence-electron chi connectivity index (χ2n) is 11.4. The summed E-state index contributed by atoms with van der Waals surface area (Å²) in [6.45, 7) is 0. The van der Waals surface area contributed by atoms with Gasteiger partial charge in [0.15, 0.2) is 0 Å². The van der Waals surface area contributed by atoms with Crippen LogP contribution in [0.5, 0.6) is 11.5 Å². The normalized spacial score (nSPS) is 12.3. The number of urea groups is 1. The van der Waals surface area contributed by atoms with Crippen molar-refractivity contribution in [3.8, 4) is 11.5 Å². The van der Waals surface area contributed by atoms with Crippen LogP contribution in [-0.4, -0.2) is 59.0 Å². The standard InChI is InChI=1S/C33H26N4O13S4/c38-27-13-15-29(53(45,46)47)23-9-3-11-25(31(23)27)36-51(41,42)21-7-1-5-19(17-21)34-33(40)35-20-6-2-8-22(18-20)52(43,44)37-26-12-4-10-24-30(54(48,49)50)16-14-28(39)32(24)26/h1-18,36-39H,(H2,34,35,40)(H,45,46,47)(H,48,49,50). The molecule has 8 N–H and O–H groups in total. The van der Waals surface area contributed by atoms with E-state index in [1.165, 1.54) is 72.8 Å². The maximum Gasteiger partial charge on any atom is 0.323 e. The van der Waals surface area contributed by atoms with Gasteiger partial charge in [-0.25, -0.2) is 21.6 Å². The van der Waals surface area contributed by atoms with Gasteiger partial charge in [0.2, 0.25) is 0 Å². The molecule has 0 spiro atoms. The molecule has 0 heterocycles. The first kappa shape index (κ1) is 37.8. The van der Waals surface area contributed by atoms with Crippen molar-refractivity contribution in [3.63, 3.8) is 0 Å². The summed E-state index contributed by atoms with van der Waals surface area (Å²) >= 11 is 0. The lowest BCUT2D eigenvalue weighted by molar-refractivity contribution is 0.262. The molecule has 280 valence electrons. The molecule has 0 aliphatic heterocycles. The molecule has 2 amide bonds. The van der Waals surface area contributed by atoms with Crippen molar-refractivity contribution in [2.45, 2.75) is 19.6 Å². The van der Waals surface area contributed by atoms with Gasteiger partial charge in [-0.05, 0) is 72.8 Å². The predicted octanol–water partition coefficient (Wildman–Crippen LogP) is 5.14. The minimum Gasteiger partial charge on any atom is -0.507 e. The minimum absolute atomic E-state index is 0.0183. The van der Waals surface area contributed by atoms with Crippen LogP contribution in [0.25, 0.3) is 21.5 Å². The van der Waals surface area contributed by atoms with Crippen LogP contribution in [0.3, 0.4) is 0 Å². The monoisotopic (exact) mass is 814 g/mol. The third-order valence-electron chi connectivity index (χ3n) is 7.81. The van der Waals surface area contributed by atoms with Crippen molar-refractivity contribution in [1.82, 2.24) is 0 Å². The van der Waals surface area contributed by atoms with Crippen LogP contribution in [0.2, 0.25) is 0 Å². The van der Waals surface area contributed by atoms with Crippen molar-refractivity contribution in [2.75, 3.05) is 20.1 Å². The molecule has 0 atom stereocenters. The summed E-state index contributed by atoms with van der Waals surface area (Å²) in [7, 11) is -18.3. The summed E-state index contributed by atoms with van der Waals surface area (Å²) in [5.74, 6) is -0.949. The molecule has 0 unspecified atom stereocenters. The molecule has 0 saturated carbocycles. The zero-order valence-corrected chi connectivity index (χ0v) is 30.3. The lowest BCUT2D eigenvalue weighted by Gasteiger charge is -2.15. The Bertz CT molecular complexity index is 2770. The average Bonchev–Trinajstić information content (AvgIpc) is 3.07. The van der Waals surface area contributed by atoms with Crippen molar-refractivity contribution < 1.29 is 57.8 Å². The number of aromatic hydroxyl groups is 2. The van der Waals surface area contributed by atoms with Crippen molar-refractivity contribution >= 4 is 90.6 Å². The van der Waals surface area contributed by atoms with E-state index in [1.54, 1.807) is 0 Å². The molecule has 0 aliphatic carbocycles. The first-order valence-corrected chi connectivity index (χ1v) is 20.9. The number of fused-ring (bicyclic) bond motifs is 2. The second-order valence-corrected chi connectivity index (χ2v) is 17.6. The van der Waals surface area contributed by atoms with Gasteiger partial charge in [0.05, 0.1) is 21.2 Å². The fourth-order valence-electron chi connectivity index (χ4n) is 5.53. The molecule has 54 heavy (non-hydrogen) atoms. The lowest BCUT2D eigenvalue weighted by Crippen LogP contribution is -2.20. The SMILES string of the molecule is O=C(Nc1cccc(S(=O)(=O)Nc2cccc3c(S(=O)(=O)O)ccc(O)c23)c1)Nc1cccc(S(=O)(=O)Nc2cccc3c(S(=O)(=O)O)ccc(O)c23)c1. The smallest absolute Gasteiger partial charge is 0.323 e. The number of phenolic OH excluding ortho intramolecular Hbond substituents is 2. The molecule has 0 radical (unpaired) electrons. The van der Waals surface area contributed by atoms with Crippen molar-refractivity contribution in [1.29, 1.82) is 0 Å². The maximum atomic E-state index is 13.4. The fourth-order valence-corrected chi connectivity index (χ4v) is 9.14. The molecule has 0 aliphatic rings. The number of nitrogens with one attached hydrogen (secondary N) is 4. The van der Waals surface area contributed by atoms with E-state index in [2.05, 4.69) is 20.1 Å². The highest BCUT2D eigenvalue weighted by molar-refractivity contribution is 7.93. The second kappa shape index (κ2) is 13.8. The van der Waals surface area contributed by atoms with Gasteiger partial charge >= 0.3 is 6.03 Å². The summed E-state index contributed by atoms with van der Waals surface area (Å²) in [5, 5.41) is 25.0. The van der Waals surface area contributed by atoms with Gasteiger partial charge in [0.1, 0.15) is 21.3 Å². The highest BCUT2D eigenvalue weighted by atomic mass is 32.2. The Balaban J connectivity index is 1.20. The number of hydrogen-bond acceptors (Lipinski definition) is 11. The Morgan fingerprint density at radius 1 is 0.481 bits per heavy atom. The quantitative estimate of drug-likeness (QED) is 0.0833. The van der Waals surface area contributed by atoms with Gasteiger partial charge < -0.3 is 20.8 Å². The summed E-state index contributed by atoms with van der Waals surface area (Å²) < 4.78 is 125. The van der Waals surface area contributed by atoms with Gasteiger partial charge in [0.25, 0.3) is 40.3 Å². The molecule has 21 heteroatoms. The van der Waals surface area contributed by atoms with Crippen LogP contribution in [-0.2, 0) is 40.3 Å². The average molecular weight is 815 g/mol. The van der Waals surface area contributed by atoms with Crippen molar-refractivity contribution in [2.24, 2.45) is 0 Å². The Morgan fingerprint density at radius 3 is 1.22 bits per heavy atom. The number of benzene rings is 6. The van der Waals surface area contributed by atoms with E-state index in [0.717, 1.165) is 36.4 Å². The van der Waals surface area contributed by atoms with Crippen molar-refractivity contribution in [3.05, 3.63) is 109 Å². The summed E-state index contributed by atoms with van der Waals surface area (Å²) in [6.07, 6.45) is 0. The van der Waals surface area contributed by atoms with E-state index in [9.17, 15) is 57.8 Å². The summed E-state index contributed by atoms with van der Waals surface area (Å²) in [6, 6.07) is 20.6. The molecule has 0 saturated heterocycles. The van der Waals surface area contributed by atoms with E-state index in [-0.39, 0.29) is 54.1 Å². The predicted molar refractivity (Wildman–Crippen MR) is 198 cm³/mol. The molecular formula is C33H26N4O13S4. The van der Waals surface area contributed by atoms with Gasteiger partial charge in [-0.2, -0.15) is 16.8 Å². The fraction of sp³-hybridized carbons (Fsp3) is 0. The van der Waals surface area contributed by atoms with Crippen LogP contribution in [0.4, 0.5) is 27.5 Å². The van der Waals surface area contributed by atoms with Crippen LogP contribution in [0.15, 0.2) is 129 Å². The van der Waals surface area contributed by atoms with E-state index in [0.29, 0.717) is 0 Å². The largest absolute Gasteiger partial charge is 0.507 e. The van der Waals surface area contributed by atoms with E-state index < -0.39 is 67.6 Å². The molecule has 0 aromatic heterocycles. The molecule has 6 aromatic rings. The first-order valence-electron chi connectivity index (χ1n) is 15.0. The minimum atomic E-state index is -4.74. The van der Waals surface area contributed by atoms with Crippen LogP contribution < -0.4 is 20.1 Å². The zero-order valence-electron chi connectivity index (χ0n) is 27.0. The Hall–Kier alpha value is -5.97. The number of rotatable bonds is 10. The number of amides is 2. The van der Waals surface area contributed by atoms with Crippen LogP contribution >= 0.6 is 0 Å². The summed E-state index contributed by atoms with van der Waals surface area (Å²) in [5.41, 5.74) is -0.461. The molecule has 0 bridgehead atoms. The Morgan fingerprint density at radius 2 is 0.852 bits per heavy atom. The number of carbonyl (C=O) groups excluding carboxylic acids is 1. The highest BCUT2D eigenvalue weighted by Gasteiger charge is 2.23. The third kappa shape index (κ3) is 7.71. The topological polar surface area (TPSA) is 283 Å². The third-order valence-corrected chi connectivity index (χ3v) is 12.4. The molecule has 6 aromatic carbocycles. The zero-order chi connectivity index (χ0) is 39.2. The van der Waals surface area contributed by atoms with Crippen LogP contribution in [0.1, 0.15) is 0 Å². The number of hydrogen-bond donors (Lipinski definition) is 8. The maximum absolute atomic E-state index is 13.4. The summed E-state index contributed by atoms with van der Waals surface area (Å²) in [4.78, 5) is 11.1. The van der Waals surface area contributed by atoms with Gasteiger partial charge in [-0.3, -0.25) is 18.5 Å². The molecular weight excluding hydrogens is 789 g/mol. The molecule has 6 rings (SSSR count). The van der Waals surface area contributed by atoms with Gasteiger partial charge in [0, 0.05) is 32.9 Å². The van der Waals surface area contributed by atoms with E-state index in [1.807, 2.05) is 0 Å². The van der Waals surface area contributed by atoms with Gasteiger partial charge in [-0.1, -0.05) is 36.4 Å². The lowest BCUT2D eigenvalue weighted by atomic mass is 10.1. The van der Waals surface area contributed by atoms with Gasteiger partial charge in [-0.15, -0.1) is 0 Å². The van der Waals surface area contributed by atoms with Crippen LogP contribution in [0, 0.1) is 0 Å². The number of anilines is 4. The van der Waals surface area contributed by atoms with E-state index >= 15 is 0 Å². The number of carbonyl (C=O) groups is 1. The Kier molecular flexibility index (Phi) is 9.64. The highest BCUT2D eigenvalue weighted by Crippen LogP contribution is 2.38. The first-order chi connectivity index (χ1) is 25.2. The molecule has 0 fully saturated rings. The number of sulfonamides is 2.